The molecule has 0 amide bonds. The van der Waals surface area contributed by atoms with Crippen molar-refractivity contribution in [3.05, 3.63) is 52.3 Å². The molecule has 3 N–H and O–H groups in total. The van der Waals surface area contributed by atoms with Crippen LogP contribution in [0.1, 0.15) is 11.1 Å². The summed E-state index contributed by atoms with van der Waals surface area (Å²) in [5.74, 6) is -0.658. The van der Waals surface area contributed by atoms with Crippen LogP contribution in [-0.2, 0) is 10.0 Å². The Morgan fingerprint density at radius 3 is 2.48 bits per heavy atom. The van der Waals surface area contributed by atoms with E-state index in [2.05, 4.69) is 4.72 Å². The van der Waals surface area contributed by atoms with Crippen LogP contribution >= 0.6 is 11.6 Å². The van der Waals surface area contributed by atoms with E-state index in [0.29, 0.717) is 16.8 Å². The molecule has 2 rings (SSSR count). The average Bonchev–Trinajstić information content (AvgIpc) is 2.38. The van der Waals surface area contributed by atoms with E-state index in [4.69, 9.17) is 17.3 Å². The number of anilines is 2. The van der Waals surface area contributed by atoms with Crippen LogP contribution < -0.4 is 10.5 Å². The highest BCUT2D eigenvalue weighted by molar-refractivity contribution is 7.92. The largest absolute Gasteiger partial charge is 0.398 e. The second-order valence-corrected chi connectivity index (χ2v) is 6.73. The summed E-state index contributed by atoms with van der Waals surface area (Å²) in [6.45, 7) is 3.32. The Bertz CT molecular complexity index is 787. The number of nitrogen functional groups attached to an aromatic ring is 1. The SMILES string of the molecule is Cc1cc(Cl)c(S(=O)(=O)Nc2c(C)cccc2F)cc1N. The number of nitrogens with one attached hydrogen (secondary N) is 1. The van der Waals surface area contributed by atoms with E-state index in [9.17, 15) is 12.8 Å². The highest BCUT2D eigenvalue weighted by Crippen LogP contribution is 2.29. The van der Waals surface area contributed by atoms with E-state index in [0.717, 1.165) is 0 Å². The molecule has 0 spiro atoms. The molecule has 2 aromatic carbocycles. The number of sulfonamides is 1. The summed E-state index contributed by atoms with van der Waals surface area (Å²) in [5.41, 5.74) is 7.04. The van der Waals surface area contributed by atoms with Gasteiger partial charge in [0.15, 0.2) is 0 Å². The van der Waals surface area contributed by atoms with Gasteiger partial charge in [-0.1, -0.05) is 23.7 Å². The molecule has 0 saturated heterocycles. The number of hydrogen-bond donors (Lipinski definition) is 2. The van der Waals surface area contributed by atoms with Crippen molar-refractivity contribution in [1.29, 1.82) is 0 Å². The van der Waals surface area contributed by atoms with E-state index >= 15 is 0 Å². The lowest BCUT2D eigenvalue weighted by atomic mass is 10.2. The molecular formula is C14H14ClFN2O2S. The van der Waals surface area contributed by atoms with Gasteiger partial charge in [-0.15, -0.1) is 0 Å². The van der Waals surface area contributed by atoms with Gasteiger partial charge in [-0.2, -0.15) is 0 Å². The number of aryl methyl sites for hydroxylation is 2. The topological polar surface area (TPSA) is 72.2 Å². The van der Waals surface area contributed by atoms with Crippen molar-refractivity contribution >= 4 is 33.0 Å². The van der Waals surface area contributed by atoms with Crippen LogP contribution in [0.5, 0.6) is 0 Å². The Morgan fingerprint density at radius 2 is 1.86 bits per heavy atom. The van der Waals surface area contributed by atoms with Crippen LogP contribution in [0, 0.1) is 19.7 Å². The molecule has 112 valence electrons. The van der Waals surface area contributed by atoms with Crippen molar-refractivity contribution in [2.45, 2.75) is 18.7 Å². The normalized spacial score (nSPS) is 11.4. The van der Waals surface area contributed by atoms with Crippen molar-refractivity contribution < 1.29 is 12.8 Å². The minimum absolute atomic E-state index is 0.0307. The number of halogens is 2. The second-order valence-electron chi connectivity index (χ2n) is 4.68. The van der Waals surface area contributed by atoms with Gasteiger partial charge in [0.05, 0.1) is 10.7 Å². The molecular weight excluding hydrogens is 315 g/mol. The van der Waals surface area contributed by atoms with E-state index in [-0.39, 0.29) is 15.6 Å². The molecule has 2 aromatic rings. The summed E-state index contributed by atoms with van der Waals surface area (Å²) < 4.78 is 40.7. The van der Waals surface area contributed by atoms with Gasteiger partial charge in [0.2, 0.25) is 0 Å². The molecule has 0 saturated carbocycles. The predicted octanol–water partition coefficient (Wildman–Crippen LogP) is 3.48. The maximum atomic E-state index is 13.8. The summed E-state index contributed by atoms with van der Waals surface area (Å²) in [5, 5.41) is 0.0307. The third kappa shape index (κ3) is 3.11. The summed E-state index contributed by atoms with van der Waals surface area (Å²) in [6, 6.07) is 7.00. The maximum absolute atomic E-state index is 13.8. The Balaban J connectivity index is 2.51. The molecule has 0 fully saturated rings. The number of rotatable bonds is 3. The molecule has 0 aliphatic heterocycles. The lowest BCUT2D eigenvalue weighted by Crippen LogP contribution is -2.16. The molecule has 0 heterocycles. The third-order valence-electron chi connectivity index (χ3n) is 3.07. The van der Waals surface area contributed by atoms with Crippen LogP contribution in [-0.4, -0.2) is 8.42 Å². The fourth-order valence-electron chi connectivity index (χ4n) is 1.83. The zero-order valence-electron chi connectivity index (χ0n) is 11.4. The summed E-state index contributed by atoms with van der Waals surface area (Å²) in [6.07, 6.45) is 0. The molecule has 0 bridgehead atoms. The van der Waals surface area contributed by atoms with E-state index in [1.54, 1.807) is 19.9 Å². The molecule has 0 aromatic heterocycles. The number of hydrogen-bond acceptors (Lipinski definition) is 3. The Kier molecular flexibility index (Phi) is 4.11. The van der Waals surface area contributed by atoms with Crippen molar-refractivity contribution in [3.8, 4) is 0 Å². The van der Waals surface area contributed by atoms with Crippen LogP contribution in [0.15, 0.2) is 35.2 Å². The van der Waals surface area contributed by atoms with E-state index in [1.165, 1.54) is 24.3 Å². The zero-order chi connectivity index (χ0) is 15.8. The van der Waals surface area contributed by atoms with Gasteiger partial charge in [-0.05, 0) is 43.2 Å². The first-order valence-corrected chi connectivity index (χ1v) is 7.92. The fourth-order valence-corrected chi connectivity index (χ4v) is 3.58. The molecule has 7 heteroatoms. The lowest BCUT2D eigenvalue weighted by molar-refractivity contribution is 0.598. The second kappa shape index (κ2) is 5.54. The zero-order valence-corrected chi connectivity index (χ0v) is 13.0. The van der Waals surface area contributed by atoms with Gasteiger partial charge in [0.1, 0.15) is 10.7 Å². The monoisotopic (exact) mass is 328 g/mol. The Hall–Kier alpha value is -1.79. The van der Waals surface area contributed by atoms with E-state index < -0.39 is 15.8 Å². The first-order chi connectivity index (χ1) is 9.72. The van der Waals surface area contributed by atoms with Crippen molar-refractivity contribution in [3.63, 3.8) is 0 Å². The summed E-state index contributed by atoms with van der Waals surface area (Å²) >= 11 is 5.96. The molecule has 0 radical (unpaired) electrons. The number of nitrogens with two attached hydrogens (primary N) is 1. The summed E-state index contributed by atoms with van der Waals surface area (Å²) in [4.78, 5) is -0.185. The van der Waals surface area contributed by atoms with Gasteiger partial charge < -0.3 is 5.73 Å². The van der Waals surface area contributed by atoms with Crippen molar-refractivity contribution in [1.82, 2.24) is 0 Å². The van der Waals surface area contributed by atoms with Gasteiger partial charge in [-0.25, -0.2) is 12.8 Å². The minimum Gasteiger partial charge on any atom is -0.398 e. The average molecular weight is 329 g/mol. The minimum atomic E-state index is -4.03. The molecule has 4 nitrogen and oxygen atoms in total. The quantitative estimate of drug-likeness (QED) is 0.847. The van der Waals surface area contributed by atoms with Gasteiger partial charge in [-0.3, -0.25) is 4.72 Å². The van der Waals surface area contributed by atoms with Crippen molar-refractivity contribution in [2.24, 2.45) is 0 Å². The van der Waals surface area contributed by atoms with Gasteiger partial charge >= 0.3 is 0 Å². The Labute approximate surface area is 127 Å². The molecule has 0 unspecified atom stereocenters. The predicted molar refractivity (Wildman–Crippen MR) is 82.5 cm³/mol. The van der Waals surface area contributed by atoms with Crippen LogP contribution in [0.3, 0.4) is 0 Å². The Morgan fingerprint density at radius 1 is 1.19 bits per heavy atom. The van der Waals surface area contributed by atoms with Gasteiger partial charge in [0, 0.05) is 5.69 Å². The standard InChI is InChI=1S/C14H14ClFN2O2S/c1-8-4-3-5-11(16)14(8)18-21(19,20)13-7-12(17)9(2)6-10(13)15/h3-7,18H,17H2,1-2H3. The molecule has 21 heavy (non-hydrogen) atoms. The third-order valence-corrected chi connectivity index (χ3v) is 4.88. The fraction of sp³-hybridized carbons (Fsp3) is 0.143. The maximum Gasteiger partial charge on any atom is 0.263 e. The number of benzene rings is 2. The molecule has 0 aliphatic rings. The first-order valence-electron chi connectivity index (χ1n) is 6.06. The van der Waals surface area contributed by atoms with Crippen LogP contribution in [0.25, 0.3) is 0 Å². The summed E-state index contributed by atoms with van der Waals surface area (Å²) in [7, 11) is -4.03. The number of para-hydroxylation sites is 1. The highest BCUT2D eigenvalue weighted by Gasteiger charge is 2.21. The smallest absolute Gasteiger partial charge is 0.263 e. The van der Waals surface area contributed by atoms with Crippen LogP contribution in [0.2, 0.25) is 5.02 Å². The van der Waals surface area contributed by atoms with Crippen LogP contribution in [0.4, 0.5) is 15.8 Å². The molecule has 0 aliphatic carbocycles. The van der Waals surface area contributed by atoms with Gasteiger partial charge in [0.25, 0.3) is 10.0 Å². The van der Waals surface area contributed by atoms with E-state index in [1.807, 2.05) is 0 Å². The first kappa shape index (κ1) is 15.6. The lowest BCUT2D eigenvalue weighted by Gasteiger charge is -2.13. The highest BCUT2D eigenvalue weighted by atomic mass is 35.5. The van der Waals surface area contributed by atoms with Crippen molar-refractivity contribution in [2.75, 3.05) is 10.5 Å². The molecule has 0 atom stereocenters.